The zero-order valence-electron chi connectivity index (χ0n) is 11.4. The fourth-order valence-corrected chi connectivity index (χ4v) is 1.76. The minimum atomic E-state index is 0.0848. The average molecular weight is 283 g/mol. The zero-order valence-corrected chi connectivity index (χ0v) is 12.2. The summed E-state index contributed by atoms with van der Waals surface area (Å²) in [7, 11) is 1.66. The van der Waals surface area contributed by atoms with Gasteiger partial charge in [0, 0.05) is 13.5 Å². The summed E-state index contributed by atoms with van der Waals surface area (Å²) in [6, 6.07) is 7.74. The Balaban J connectivity index is 2.24. The van der Waals surface area contributed by atoms with Crippen molar-refractivity contribution in [1.29, 1.82) is 0 Å². The summed E-state index contributed by atoms with van der Waals surface area (Å²) in [4.78, 5) is 0.495. The second-order valence-corrected chi connectivity index (χ2v) is 4.80. The molecule has 1 aromatic rings. The molecular weight excluding hydrogens is 262 g/mol. The minimum Gasteiger partial charge on any atom is -0.491 e. The minimum absolute atomic E-state index is 0.0848. The van der Waals surface area contributed by atoms with Crippen LogP contribution < -0.4 is 10.5 Å². The van der Waals surface area contributed by atoms with Crippen molar-refractivity contribution < 1.29 is 14.2 Å². The zero-order chi connectivity index (χ0) is 14.1. The lowest BCUT2D eigenvalue weighted by molar-refractivity contribution is -0.00214. The molecule has 19 heavy (non-hydrogen) atoms. The number of hydrogen-bond donors (Lipinski definition) is 1. The van der Waals surface area contributed by atoms with Crippen LogP contribution in [0.3, 0.4) is 0 Å². The highest BCUT2D eigenvalue weighted by Crippen LogP contribution is 2.12. The molecule has 0 spiro atoms. The van der Waals surface area contributed by atoms with Crippen LogP contribution in [0.2, 0.25) is 0 Å². The van der Waals surface area contributed by atoms with E-state index in [1.807, 2.05) is 31.2 Å². The van der Waals surface area contributed by atoms with E-state index in [0.717, 1.165) is 11.3 Å². The second-order valence-electron chi connectivity index (χ2n) is 4.27. The van der Waals surface area contributed by atoms with Crippen LogP contribution in [-0.4, -0.2) is 38.0 Å². The number of nitrogens with two attached hydrogens (primary N) is 1. The first-order valence-corrected chi connectivity index (χ1v) is 6.63. The Labute approximate surface area is 119 Å². The Morgan fingerprint density at radius 2 is 1.95 bits per heavy atom. The number of methoxy groups -OCH3 is 1. The van der Waals surface area contributed by atoms with E-state index in [2.05, 4.69) is 0 Å². The molecule has 2 N–H and O–H groups in total. The Morgan fingerprint density at radius 3 is 2.53 bits per heavy atom. The monoisotopic (exact) mass is 283 g/mol. The quantitative estimate of drug-likeness (QED) is 0.554. The molecule has 1 aromatic carbocycles. The number of ether oxygens (including phenoxy) is 3. The molecule has 1 unspecified atom stereocenters. The lowest BCUT2D eigenvalue weighted by atomic mass is 10.1. The summed E-state index contributed by atoms with van der Waals surface area (Å²) in [6.45, 7) is 3.61. The van der Waals surface area contributed by atoms with Crippen LogP contribution in [0.1, 0.15) is 12.5 Å². The highest BCUT2D eigenvalue weighted by molar-refractivity contribution is 7.80. The van der Waals surface area contributed by atoms with Crippen LogP contribution in [0.5, 0.6) is 5.75 Å². The predicted molar refractivity (Wildman–Crippen MR) is 79.7 cm³/mol. The van der Waals surface area contributed by atoms with E-state index in [1.54, 1.807) is 7.11 Å². The van der Waals surface area contributed by atoms with Crippen LogP contribution in [0.4, 0.5) is 0 Å². The third-order valence-electron chi connectivity index (χ3n) is 2.46. The van der Waals surface area contributed by atoms with Crippen molar-refractivity contribution >= 4 is 17.2 Å². The summed E-state index contributed by atoms with van der Waals surface area (Å²) in [5, 5.41) is 0. The van der Waals surface area contributed by atoms with Gasteiger partial charge in [0.05, 0.1) is 24.3 Å². The van der Waals surface area contributed by atoms with Gasteiger partial charge in [0.1, 0.15) is 12.4 Å². The van der Waals surface area contributed by atoms with Crippen molar-refractivity contribution in [1.82, 2.24) is 0 Å². The van der Waals surface area contributed by atoms with Crippen LogP contribution in [0.25, 0.3) is 0 Å². The van der Waals surface area contributed by atoms with Crippen LogP contribution in [-0.2, 0) is 15.9 Å². The molecule has 0 aromatic heterocycles. The maximum Gasteiger partial charge on any atom is 0.119 e. The van der Waals surface area contributed by atoms with E-state index < -0.39 is 0 Å². The molecule has 0 radical (unpaired) electrons. The Hall–Kier alpha value is -1.17. The summed E-state index contributed by atoms with van der Waals surface area (Å²) in [5.74, 6) is 0.815. The fraction of sp³-hybridized carbons (Fsp3) is 0.500. The third kappa shape index (κ3) is 7.10. The van der Waals surface area contributed by atoms with Gasteiger partial charge in [-0.05, 0) is 24.6 Å². The molecule has 0 saturated carbocycles. The van der Waals surface area contributed by atoms with Gasteiger partial charge in [0.15, 0.2) is 0 Å². The highest BCUT2D eigenvalue weighted by atomic mass is 32.1. The smallest absolute Gasteiger partial charge is 0.119 e. The van der Waals surface area contributed by atoms with Gasteiger partial charge >= 0.3 is 0 Å². The molecule has 106 valence electrons. The van der Waals surface area contributed by atoms with Gasteiger partial charge in [-0.3, -0.25) is 0 Å². The SMILES string of the molecule is COCC(C)OCCOc1ccc(CC(N)=S)cc1. The second kappa shape index (κ2) is 8.85. The molecule has 0 bridgehead atoms. The van der Waals surface area contributed by atoms with E-state index in [4.69, 9.17) is 32.2 Å². The number of benzene rings is 1. The molecule has 1 atom stereocenters. The summed E-state index contributed by atoms with van der Waals surface area (Å²) in [6.07, 6.45) is 0.703. The summed E-state index contributed by atoms with van der Waals surface area (Å²) in [5.41, 5.74) is 6.57. The largest absolute Gasteiger partial charge is 0.491 e. The third-order valence-corrected chi connectivity index (χ3v) is 2.60. The normalized spacial score (nSPS) is 12.1. The van der Waals surface area contributed by atoms with Gasteiger partial charge in [0.2, 0.25) is 0 Å². The predicted octanol–water partition coefficient (Wildman–Crippen LogP) is 1.95. The van der Waals surface area contributed by atoms with Crippen molar-refractivity contribution in [2.45, 2.75) is 19.4 Å². The van der Waals surface area contributed by atoms with Gasteiger partial charge in [-0.1, -0.05) is 24.4 Å². The molecule has 0 aliphatic rings. The maximum atomic E-state index is 5.56. The molecule has 0 amide bonds. The van der Waals surface area contributed by atoms with Crippen molar-refractivity contribution in [3.05, 3.63) is 29.8 Å². The molecule has 0 heterocycles. The van der Waals surface area contributed by atoms with Crippen molar-refractivity contribution in [3.8, 4) is 5.75 Å². The molecule has 0 fully saturated rings. The first kappa shape index (κ1) is 15.9. The van der Waals surface area contributed by atoms with Gasteiger partial charge < -0.3 is 19.9 Å². The van der Waals surface area contributed by atoms with Gasteiger partial charge in [-0.2, -0.15) is 0 Å². The lowest BCUT2D eigenvalue weighted by Crippen LogP contribution is -2.18. The maximum absolute atomic E-state index is 5.56. The standard InChI is InChI=1S/C14H21NO3S/c1-11(10-16-2)17-7-8-18-13-5-3-12(4-6-13)9-14(15)19/h3-6,11H,7-10H2,1-2H3,(H2,15,19). The van der Waals surface area contributed by atoms with E-state index >= 15 is 0 Å². The van der Waals surface area contributed by atoms with E-state index in [1.165, 1.54) is 0 Å². The van der Waals surface area contributed by atoms with Crippen LogP contribution in [0, 0.1) is 0 Å². The van der Waals surface area contributed by atoms with Crippen molar-refractivity contribution in [3.63, 3.8) is 0 Å². The van der Waals surface area contributed by atoms with Crippen molar-refractivity contribution in [2.75, 3.05) is 26.9 Å². The highest BCUT2D eigenvalue weighted by Gasteiger charge is 2.01. The number of hydrogen-bond acceptors (Lipinski definition) is 4. The molecule has 0 aliphatic carbocycles. The Kier molecular flexibility index (Phi) is 7.40. The molecule has 0 aliphatic heterocycles. The number of rotatable bonds is 9. The molecule has 4 nitrogen and oxygen atoms in total. The van der Waals surface area contributed by atoms with Crippen LogP contribution in [0.15, 0.2) is 24.3 Å². The first-order valence-electron chi connectivity index (χ1n) is 6.22. The first-order chi connectivity index (χ1) is 9.11. The van der Waals surface area contributed by atoms with Crippen molar-refractivity contribution in [2.24, 2.45) is 5.73 Å². The summed E-state index contributed by atoms with van der Waals surface area (Å²) >= 11 is 4.86. The number of thiocarbonyl (C=S) groups is 1. The average Bonchev–Trinajstić information content (AvgIpc) is 2.36. The van der Waals surface area contributed by atoms with Gasteiger partial charge in [0.25, 0.3) is 0 Å². The summed E-state index contributed by atoms with van der Waals surface area (Å²) < 4.78 is 16.0. The molecule has 0 saturated heterocycles. The van der Waals surface area contributed by atoms with E-state index in [9.17, 15) is 0 Å². The molecule has 1 rings (SSSR count). The van der Waals surface area contributed by atoms with E-state index in [-0.39, 0.29) is 6.10 Å². The van der Waals surface area contributed by atoms with Crippen LogP contribution >= 0.6 is 12.2 Å². The molecule has 5 heteroatoms. The molecular formula is C14H21NO3S. The lowest BCUT2D eigenvalue weighted by Gasteiger charge is -2.12. The fourth-order valence-electron chi connectivity index (χ4n) is 1.60. The topological polar surface area (TPSA) is 53.7 Å². The van der Waals surface area contributed by atoms with Gasteiger partial charge in [-0.15, -0.1) is 0 Å². The van der Waals surface area contributed by atoms with E-state index in [0.29, 0.717) is 31.2 Å². The Bertz CT molecular complexity index is 381. The Morgan fingerprint density at radius 1 is 1.26 bits per heavy atom. The van der Waals surface area contributed by atoms with Gasteiger partial charge in [-0.25, -0.2) is 0 Å².